The van der Waals surface area contributed by atoms with Crippen LogP contribution in [0.5, 0.6) is 0 Å². The first-order chi connectivity index (χ1) is 7.93. The Balaban J connectivity index is 2.71. The van der Waals surface area contributed by atoms with Gasteiger partial charge in [0.25, 0.3) is 0 Å². The summed E-state index contributed by atoms with van der Waals surface area (Å²) in [6, 6.07) is 5.17. The summed E-state index contributed by atoms with van der Waals surface area (Å²) in [6.07, 6.45) is 0. The number of rotatable bonds is 2. The van der Waals surface area contributed by atoms with Crippen LogP contribution in [-0.4, -0.2) is 20.3 Å². The van der Waals surface area contributed by atoms with Gasteiger partial charge in [-0.25, -0.2) is 4.79 Å². The number of ketones is 1. The molecule has 0 aliphatic carbocycles. The molecule has 0 saturated heterocycles. The Morgan fingerprint density at radius 2 is 1.82 bits per heavy atom. The second-order valence-corrected chi connectivity index (χ2v) is 4.74. The van der Waals surface area contributed by atoms with Gasteiger partial charge >= 0.3 is 5.69 Å². The maximum absolute atomic E-state index is 11.8. The van der Waals surface area contributed by atoms with E-state index in [1.165, 1.54) is 4.57 Å². The van der Waals surface area contributed by atoms with Crippen molar-refractivity contribution in [2.24, 2.45) is 14.1 Å². The minimum absolute atomic E-state index is 0.108. The second-order valence-electron chi connectivity index (χ2n) is 4.08. The SMILES string of the molecule is C[C@H](Cl)C(=O)c1ccc2c(c1)n(C)c(=O)n2C. The lowest BCUT2D eigenvalue weighted by molar-refractivity contribution is 0.0992. The summed E-state index contributed by atoms with van der Waals surface area (Å²) in [5.41, 5.74) is 1.96. The molecule has 0 spiro atoms. The van der Waals surface area contributed by atoms with Gasteiger partial charge in [-0.15, -0.1) is 11.6 Å². The van der Waals surface area contributed by atoms with Gasteiger partial charge in [-0.3, -0.25) is 13.9 Å². The van der Waals surface area contributed by atoms with E-state index in [0.29, 0.717) is 5.56 Å². The molecular weight excluding hydrogens is 240 g/mol. The lowest BCUT2D eigenvalue weighted by Gasteiger charge is -2.03. The van der Waals surface area contributed by atoms with Gasteiger partial charge in [0.2, 0.25) is 0 Å². The Morgan fingerprint density at radius 3 is 2.41 bits per heavy atom. The van der Waals surface area contributed by atoms with Crippen LogP contribution < -0.4 is 5.69 Å². The third-order valence-electron chi connectivity index (χ3n) is 2.92. The molecule has 90 valence electrons. The zero-order valence-corrected chi connectivity index (χ0v) is 10.7. The monoisotopic (exact) mass is 252 g/mol. The maximum atomic E-state index is 11.8. The van der Waals surface area contributed by atoms with Gasteiger partial charge < -0.3 is 0 Å². The third kappa shape index (κ3) is 1.78. The van der Waals surface area contributed by atoms with Crippen LogP contribution in [0.25, 0.3) is 11.0 Å². The highest BCUT2D eigenvalue weighted by Crippen LogP contribution is 2.16. The minimum Gasteiger partial charge on any atom is -0.295 e. The van der Waals surface area contributed by atoms with Crippen molar-refractivity contribution < 1.29 is 4.79 Å². The van der Waals surface area contributed by atoms with Gasteiger partial charge in [-0.1, -0.05) is 0 Å². The van der Waals surface area contributed by atoms with Crippen LogP contribution in [0.2, 0.25) is 0 Å². The maximum Gasteiger partial charge on any atom is 0.328 e. The predicted molar refractivity (Wildman–Crippen MR) is 67.8 cm³/mol. The van der Waals surface area contributed by atoms with E-state index in [0.717, 1.165) is 11.0 Å². The lowest BCUT2D eigenvalue weighted by Crippen LogP contribution is -2.19. The fourth-order valence-electron chi connectivity index (χ4n) is 1.89. The van der Waals surface area contributed by atoms with Crippen molar-refractivity contribution in [3.63, 3.8) is 0 Å². The summed E-state index contributed by atoms with van der Waals surface area (Å²) in [7, 11) is 3.39. The van der Waals surface area contributed by atoms with E-state index in [1.54, 1.807) is 43.8 Å². The smallest absolute Gasteiger partial charge is 0.295 e. The molecular formula is C12H13ClN2O2. The van der Waals surface area contributed by atoms with E-state index in [1.807, 2.05) is 0 Å². The second kappa shape index (κ2) is 4.04. The molecule has 0 radical (unpaired) electrons. The Labute approximate surface area is 103 Å². The van der Waals surface area contributed by atoms with Gasteiger partial charge in [0.15, 0.2) is 5.78 Å². The highest BCUT2D eigenvalue weighted by molar-refractivity contribution is 6.33. The van der Waals surface area contributed by atoms with Gasteiger partial charge in [-0.05, 0) is 25.1 Å². The molecule has 0 saturated carbocycles. The van der Waals surface area contributed by atoms with Crippen LogP contribution in [0.1, 0.15) is 17.3 Å². The van der Waals surface area contributed by atoms with Crippen LogP contribution >= 0.6 is 11.6 Å². The normalized spacial score (nSPS) is 12.9. The average molecular weight is 253 g/mol. The standard InChI is InChI=1S/C12H13ClN2O2/c1-7(13)11(16)8-4-5-9-10(6-8)15(3)12(17)14(9)2/h4-7H,1-3H3/t7-/m0/s1. The topological polar surface area (TPSA) is 44.0 Å². The molecule has 4 nitrogen and oxygen atoms in total. The largest absolute Gasteiger partial charge is 0.328 e. The molecule has 0 bridgehead atoms. The Morgan fingerprint density at radius 1 is 1.24 bits per heavy atom. The Bertz CT molecular complexity index is 652. The first-order valence-corrected chi connectivity index (χ1v) is 5.71. The average Bonchev–Trinajstić information content (AvgIpc) is 2.53. The van der Waals surface area contributed by atoms with Gasteiger partial charge in [-0.2, -0.15) is 0 Å². The first kappa shape index (κ1) is 11.9. The van der Waals surface area contributed by atoms with Gasteiger partial charge in [0.1, 0.15) is 0 Å². The van der Waals surface area contributed by atoms with Crippen LogP contribution in [0, 0.1) is 0 Å². The Hall–Kier alpha value is -1.55. The Kier molecular flexibility index (Phi) is 2.83. The third-order valence-corrected chi connectivity index (χ3v) is 3.12. The van der Waals surface area contributed by atoms with Crippen molar-refractivity contribution in [3.05, 3.63) is 34.2 Å². The fourth-order valence-corrected chi connectivity index (χ4v) is 2.02. The highest BCUT2D eigenvalue weighted by atomic mass is 35.5. The molecule has 1 atom stereocenters. The summed E-state index contributed by atoms with van der Waals surface area (Å²) in [4.78, 5) is 23.5. The van der Waals surface area contributed by atoms with Crippen molar-refractivity contribution in [3.8, 4) is 0 Å². The van der Waals surface area contributed by atoms with Crippen molar-refractivity contribution in [1.82, 2.24) is 9.13 Å². The van der Waals surface area contributed by atoms with Crippen molar-refractivity contribution in [2.45, 2.75) is 12.3 Å². The number of fused-ring (bicyclic) bond motifs is 1. The number of aryl methyl sites for hydroxylation is 2. The number of halogens is 1. The molecule has 1 aromatic carbocycles. The van der Waals surface area contributed by atoms with E-state index in [4.69, 9.17) is 11.6 Å². The number of carbonyl (C=O) groups is 1. The molecule has 0 unspecified atom stereocenters. The van der Waals surface area contributed by atoms with E-state index >= 15 is 0 Å². The molecule has 0 aliphatic heterocycles. The molecule has 0 N–H and O–H groups in total. The minimum atomic E-state index is -0.562. The molecule has 0 fully saturated rings. The number of benzene rings is 1. The summed E-state index contributed by atoms with van der Waals surface area (Å²) in [6.45, 7) is 1.64. The van der Waals surface area contributed by atoms with Crippen LogP contribution in [0.3, 0.4) is 0 Å². The van der Waals surface area contributed by atoms with Crippen molar-refractivity contribution >= 4 is 28.4 Å². The number of nitrogens with zero attached hydrogens (tertiary/aromatic N) is 2. The van der Waals surface area contributed by atoms with E-state index in [-0.39, 0.29) is 11.5 Å². The molecule has 0 aliphatic rings. The number of Topliss-reactive ketones (excluding diaryl/α,β-unsaturated/α-hetero) is 1. The van der Waals surface area contributed by atoms with Gasteiger partial charge in [0.05, 0.1) is 16.4 Å². The quantitative estimate of drug-likeness (QED) is 0.603. The number of hydrogen-bond donors (Lipinski definition) is 0. The summed E-state index contributed by atoms with van der Waals surface area (Å²) < 4.78 is 3.07. The molecule has 1 heterocycles. The number of imidazole rings is 1. The number of hydrogen-bond acceptors (Lipinski definition) is 2. The predicted octanol–water partition coefficient (Wildman–Crippen LogP) is 1.69. The van der Waals surface area contributed by atoms with E-state index in [9.17, 15) is 9.59 Å². The summed E-state index contributed by atoms with van der Waals surface area (Å²) in [5, 5.41) is -0.562. The zero-order valence-electron chi connectivity index (χ0n) is 9.90. The van der Waals surface area contributed by atoms with Gasteiger partial charge in [0, 0.05) is 19.7 Å². The van der Waals surface area contributed by atoms with E-state index < -0.39 is 5.38 Å². The number of carbonyl (C=O) groups excluding carboxylic acids is 1. The molecule has 2 aromatic rings. The number of aromatic nitrogens is 2. The summed E-state index contributed by atoms with van der Waals surface area (Å²) in [5.74, 6) is -0.134. The van der Waals surface area contributed by atoms with Crippen LogP contribution in [0.4, 0.5) is 0 Å². The molecule has 1 aromatic heterocycles. The molecule has 17 heavy (non-hydrogen) atoms. The highest BCUT2D eigenvalue weighted by Gasteiger charge is 2.15. The molecule has 0 amide bonds. The van der Waals surface area contributed by atoms with Crippen molar-refractivity contribution in [1.29, 1.82) is 0 Å². The lowest BCUT2D eigenvalue weighted by atomic mass is 10.1. The number of alkyl halides is 1. The van der Waals surface area contributed by atoms with E-state index in [2.05, 4.69) is 0 Å². The molecule has 2 rings (SSSR count). The molecule has 5 heteroatoms. The van der Waals surface area contributed by atoms with Crippen LogP contribution in [-0.2, 0) is 14.1 Å². The summed E-state index contributed by atoms with van der Waals surface area (Å²) >= 11 is 5.77. The van der Waals surface area contributed by atoms with Crippen molar-refractivity contribution in [2.75, 3.05) is 0 Å². The fraction of sp³-hybridized carbons (Fsp3) is 0.333. The van der Waals surface area contributed by atoms with Crippen LogP contribution in [0.15, 0.2) is 23.0 Å². The first-order valence-electron chi connectivity index (χ1n) is 5.27. The zero-order chi connectivity index (χ0) is 12.7.